The third-order valence-electron chi connectivity index (χ3n) is 1.86. The maximum Gasteiger partial charge on any atom is 0.430 e. The molecule has 0 aliphatic carbocycles. The van der Waals surface area contributed by atoms with Gasteiger partial charge in [-0.1, -0.05) is 11.8 Å². The summed E-state index contributed by atoms with van der Waals surface area (Å²) in [6.45, 7) is 0.814. The number of anilines is 1. The molecule has 0 spiro atoms. The first kappa shape index (κ1) is 19.0. The molecular formula is C11H15F3N4O2S. The standard InChI is InChI=1S/C9H15N4S.C2HF3O2/c1-13-5-2-3-8(7-13)12-4-6-14-9(10)11;3-2(4,5)1(6)7/h2-3,5,7,12H,4,6H2,1H3,(H3,10,11);(H,6,7)/q+1;/p-1. The quantitative estimate of drug-likeness (QED) is 0.309. The number of hydrogen-bond donors (Lipinski definition) is 3. The van der Waals surface area contributed by atoms with Gasteiger partial charge in [0.1, 0.15) is 13.0 Å². The van der Waals surface area contributed by atoms with Crippen molar-refractivity contribution in [2.75, 3.05) is 17.6 Å². The van der Waals surface area contributed by atoms with Crippen LogP contribution in [0, 0.1) is 5.41 Å². The zero-order valence-electron chi connectivity index (χ0n) is 11.1. The average Bonchev–Trinajstić information content (AvgIpc) is 2.34. The van der Waals surface area contributed by atoms with Gasteiger partial charge in [0, 0.05) is 18.4 Å². The summed E-state index contributed by atoms with van der Waals surface area (Å²) in [6, 6.07) is 4.00. The number of carboxylic acids is 1. The molecule has 0 aliphatic heterocycles. The molecule has 4 N–H and O–H groups in total. The Morgan fingerprint density at radius 3 is 2.57 bits per heavy atom. The molecule has 0 radical (unpaired) electrons. The van der Waals surface area contributed by atoms with Crippen molar-refractivity contribution >= 4 is 28.6 Å². The minimum Gasteiger partial charge on any atom is -0.542 e. The average molecular weight is 324 g/mol. The first-order valence-electron chi connectivity index (χ1n) is 5.57. The Kier molecular flexibility index (Phi) is 8.21. The molecule has 0 atom stereocenters. The van der Waals surface area contributed by atoms with Crippen molar-refractivity contribution < 1.29 is 27.6 Å². The van der Waals surface area contributed by atoms with E-state index in [0.29, 0.717) is 0 Å². The zero-order chi connectivity index (χ0) is 16.5. The van der Waals surface area contributed by atoms with Gasteiger partial charge < -0.3 is 21.0 Å². The largest absolute Gasteiger partial charge is 0.542 e. The number of carbonyl (C=O) groups excluding carboxylic acids is 1. The Hall–Kier alpha value is -1.97. The van der Waals surface area contributed by atoms with Crippen molar-refractivity contribution in [1.29, 1.82) is 5.41 Å². The van der Waals surface area contributed by atoms with Crippen molar-refractivity contribution in [2.45, 2.75) is 6.18 Å². The maximum atomic E-state index is 10.5. The molecule has 1 aromatic heterocycles. The summed E-state index contributed by atoms with van der Waals surface area (Å²) in [5.74, 6) is -2.19. The van der Waals surface area contributed by atoms with Gasteiger partial charge in [0.25, 0.3) is 0 Å². The molecule has 0 fully saturated rings. The van der Waals surface area contributed by atoms with Gasteiger partial charge in [-0.3, -0.25) is 5.41 Å². The van der Waals surface area contributed by atoms with Crippen LogP contribution in [0.2, 0.25) is 0 Å². The van der Waals surface area contributed by atoms with Crippen LogP contribution in [0.5, 0.6) is 0 Å². The van der Waals surface area contributed by atoms with E-state index in [2.05, 4.69) is 5.32 Å². The van der Waals surface area contributed by atoms with E-state index < -0.39 is 12.1 Å². The van der Waals surface area contributed by atoms with Crippen LogP contribution in [-0.4, -0.2) is 29.6 Å². The zero-order valence-corrected chi connectivity index (χ0v) is 11.9. The lowest BCUT2D eigenvalue weighted by Gasteiger charge is -2.03. The molecule has 118 valence electrons. The number of rotatable bonds is 4. The predicted octanol–water partition coefficient (Wildman–Crippen LogP) is -0.152. The number of thioether (sulfide) groups is 1. The molecule has 10 heteroatoms. The van der Waals surface area contributed by atoms with Gasteiger partial charge in [0.05, 0.1) is 5.69 Å². The second kappa shape index (κ2) is 9.06. The lowest BCUT2D eigenvalue weighted by Crippen LogP contribution is -2.37. The van der Waals surface area contributed by atoms with Crippen LogP contribution < -0.4 is 20.7 Å². The number of aliphatic carboxylic acids is 1. The van der Waals surface area contributed by atoms with Crippen LogP contribution in [0.3, 0.4) is 0 Å². The van der Waals surface area contributed by atoms with Gasteiger partial charge in [-0.15, -0.1) is 0 Å². The summed E-state index contributed by atoms with van der Waals surface area (Å²) >= 11 is 1.35. The molecule has 0 saturated carbocycles. The van der Waals surface area contributed by atoms with E-state index in [4.69, 9.17) is 21.0 Å². The number of carbonyl (C=O) groups is 1. The highest BCUT2D eigenvalue weighted by Crippen LogP contribution is 2.11. The summed E-state index contributed by atoms with van der Waals surface area (Å²) in [4.78, 5) is 8.78. The Bertz CT molecular complexity index is 483. The predicted molar refractivity (Wildman–Crippen MR) is 71.5 cm³/mol. The van der Waals surface area contributed by atoms with E-state index in [9.17, 15) is 13.2 Å². The number of pyridine rings is 1. The SMILES string of the molecule is C[n+]1cccc(NCCSC(=N)N)c1.O=C([O-])C(F)(F)F. The van der Waals surface area contributed by atoms with E-state index in [1.807, 2.05) is 36.1 Å². The van der Waals surface area contributed by atoms with Crippen molar-refractivity contribution in [1.82, 2.24) is 0 Å². The van der Waals surface area contributed by atoms with E-state index in [0.717, 1.165) is 18.0 Å². The van der Waals surface area contributed by atoms with Crippen molar-refractivity contribution in [3.05, 3.63) is 24.5 Å². The van der Waals surface area contributed by atoms with Gasteiger partial charge in [0.2, 0.25) is 0 Å². The highest BCUT2D eigenvalue weighted by Gasteiger charge is 2.28. The minimum atomic E-state index is -5.19. The summed E-state index contributed by atoms with van der Waals surface area (Å²) in [5.41, 5.74) is 6.29. The van der Waals surface area contributed by atoms with E-state index >= 15 is 0 Å². The number of nitrogens with one attached hydrogen (secondary N) is 2. The van der Waals surface area contributed by atoms with Gasteiger partial charge in [0.15, 0.2) is 17.6 Å². The molecule has 0 aliphatic rings. The summed E-state index contributed by atoms with van der Waals surface area (Å²) in [6.07, 6.45) is -1.20. The molecule has 0 bridgehead atoms. The lowest BCUT2D eigenvalue weighted by atomic mass is 10.4. The van der Waals surface area contributed by atoms with Gasteiger partial charge >= 0.3 is 6.18 Å². The van der Waals surface area contributed by atoms with Gasteiger partial charge in [-0.2, -0.15) is 13.2 Å². The number of halogens is 3. The molecule has 6 nitrogen and oxygen atoms in total. The highest BCUT2D eigenvalue weighted by atomic mass is 32.2. The molecule has 1 rings (SSSR count). The first-order valence-corrected chi connectivity index (χ1v) is 6.55. The van der Waals surface area contributed by atoms with Crippen LogP contribution in [0.4, 0.5) is 18.9 Å². The monoisotopic (exact) mass is 324 g/mol. The number of carboxylic acid groups (broad SMARTS) is 1. The minimum absolute atomic E-state index is 0.172. The number of aromatic nitrogens is 1. The van der Waals surface area contributed by atoms with Gasteiger partial charge in [-0.25, -0.2) is 4.57 Å². The first-order chi connectivity index (χ1) is 9.62. The van der Waals surface area contributed by atoms with Crippen molar-refractivity contribution in [3.63, 3.8) is 0 Å². The normalized spacial score (nSPS) is 10.3. The number of amidine groups is 1. The smallest absolute Gasteiger partial charge is 0.430 e. The van der Waals surface area contributed by atoms with Crippen molar-refractivity contribution in [3.8, 4) is 0 Å². The molecule has 0 amide bonds. The Morgan fingerprint density at radius 1 is 1.57 bits per heavy atom. The Morgan fingerprint density at radius 2 is 2.14 bits per heavy atom. The second-order valence-electron chi connectivity index (χ2n) is 3.68. The van der Waals surface area contributed by atoms with E-state index in [-0.39, 0.29) is 5.17 Å². The summed E-state index contributed by atoms with van der Waals surface area (Å²) in [5, 5.41) is 19.2. The number of nitrogens with zero attached hydrogens (tertiary/aromatic N) is 1. The number of hydrogen-bond acceptors (Lipinski definition) is 5. The van der Waals surface area contributed by atoms with Crippen molar-refractivity contribution in [2.24, 2.45) is 12.8 Å². The lowest BCUT2D eigenvalue weighted by molar-refractivity contribution is -0.670. The van der Waals surface area contributed by atoms with Crippen LogP contribution in [0.25, 0.3) is 0 Å². The fourth-order valence-electron chi connectivity index (χ4n) is 1.05. The molecule has 0 aromatic carbocycles. The third-order valence-corrected chi connectivity index (χ3v) is 2.58. The fraction of sp³-hybridized carbons (Fsp3) is 0.364. The molecule has 1 heterocycles. The van der Waals surface area contributed by atoms with E-state index in [1.54, 1.807) is 0 Å². The van der Waals surface area contributed by atoms with Crippen LogP contribution >= 0.6 is 11.8 Å². The second-order valence-corrected chi connectivity index (χ2v) is 4.82. The fourth-order valence-corrected chi connectivity index (χ4v) is 1.47. The van der Waals surface area contributed by atoms with E-state index in [1.165, 1.54) is 11.8 Å². The molecule has 21 heavy (non-hydrogen) atoms. The molecule has 0 unspecified atom stereocenters. The molecule has 1 aromatic rings. The van der Waals surface area contributed by atoms with Crippen LogP contribution in [-0.2, 0) is 11.8 Å². The number of aryl methyl sites for hydroxylation is 1. The van der Waals surface area contributed by atoms with Crippen LogP contribution in [0.1, 0.15) is 0 Å². The summed E-state index contributed by atoms with van der Waals surface area (Å²) < 4.78 is 33.5. The highest BCUT2D eigenvalue weighted by molar-refractivity contribution is 8.13. The Balaban J connectivity index is 0.000000486. The Labute approximate surface area is 123 Å². The number of nitrogens with two attached hydrogens (primary N) is 1. The third kappa shape index (κ3) is 10.5. The maximum absolute atomic E-state index is 10.5. The van der Waals surface area contributed by atoms with Crippen LogP contribution in [0.15, 0.2) is 24.5 Å². The topological polar surface area (TPSA) is 106 Å². The number of alkyl halides is 3. The molecular weight excluding hydrogens is 309 g/mol. The summed E-state index contributed by atoms with van der Waals surface area (Å²) in [7, 11) is 1.98. The van der Waals surface area contributed by atoms with Gasteiger partial charge in [-0.05, 0) is 6.07 Å². The molecule has 0 saturated heterocycles.